The molecule has 0 atom stereocenters. The van der Waals surface area contributed by atoms with Crippen molar-refractivity contribution in [1.29, 1.82) is 0 Å². The molecule has 1 N–H and O–H groups in total. The molecule has 1 aromatic heterocycles. The highest BCUT2D eigenvalue weighted by Crippen LogP contribution is 2.20. The Morgan fingerprint density at radius 2 is 2.12 bits per heavy atom. The predicted octanol–water partition coefficient (Wildman–Crippen LogP) is 1.67. The molecule has 1 aliphatic carbocycles. The Hall–Kier alpha value is -1.65. The van der Waals surface area contributed by atoms with Gasteiger partial charge in [-0.2, -0.15) is 5.10 Å². The molecule has 0 unspecified atom stereocenters. The number of carbonyl (C=O) groups is 2. The summed E-state index contributed by atoms with van der Waals surface area (Å²) in [6.45, 7) is 6.05. The number of hydrogen-bond acceptors (Lipinski definition) is 4. The van der Waals surface area contributed by atoms with Crippen LogP contribution in [-0.2, 0) is 22.4 Å². The fourth-order valence-electron chi connectivity index (χ4n) is 1.72. The first kappa shape index (κ1) is 13.4. The third-order valence-corrected chi connectivity index (χ3v) is 2.45. The molecule has 0 radical (unpaired) electrons. The van der Waals surface area contributed by atoms with Crippen LogP contribution in [0.25, 0.3) is 0 Å². The van der Waals surface area contributed by atoms with Gasteiger partial charge in [-0.25, -0.2) is 4.79 Å². The highest BCUT2D eigenvalue weighted by atomic mass is 16.5. The maximum atomic E-state index is 11.5. The summed E-state index contributed by atoms with van der Waals surface area (Å²) in [5, 5.41) is 6.68. The van der Waals surface area contributed by atoms with Crippen LogP contribution in [0.4, 0.5) is 0 Å². The Kier molecular flexibility index (Phi) is 4.87. The van der Waals surface area contributed by atoms with Crippen molar-refractivity contribution in [3.8, 4) is 0 Å². The number of carbonyl (C=O) groups excluding carboxylic acids is 2. The van der Waals surface area contributed by atoms with Gasteiger partial charge in [0.05, 0.1) is 6.61 Å². The molecule has 1 aromatic rings. The van der Waals surface area contributed by atoms with E-state index >= 15 is 0 Å². The first-order valence-electron chi connectivity index (χ1n) is 5.97. The lowest BCUT2D eigenvalue weighted by Crippen LogP contribution is -2.16. The molecule has 0 bridgehead atoms. The first-order valence-corrected chi connectivity index (χ1v) is 5.97. The summed E-state index contributed by atoms with van der Waals surface area (Å²) in [5.74, 6) is -0.306. The van der Waals surface area contributed by atoms with Crippen LogP contribution in [0.15, 0.2) is 0 Å². The summed E-state index contributed by atoms with van der Waals surface area (Å²) in [6.07, 6.45) is 1.46. The normalized spacial score (nSPS) is 13.5. The van der Waals surface area contributed by atoms with E-state index < -0.39 is 5.97 Å². The standard InChI is InChI=1S/C10H12N2O3.C2H6/c1-2-15-10(14)9-7-5-6(13)3-4-8(7)11-12-9;1-2/h2-5H2,1H3,(H,11,12);1-2H3. The van der Waals surface area contributed by atoms with E-state index in [1.54, 1.807) is 6.92 Å². The number of ketones is 1. The van der Waals surface area contributed by atoms with E-state index in [0.29, 0.717) is 31.4 Å². The number of fused-ring (bicyclic) bond motifs is 1. The van der Waals surface area contributed by atoms with E-state index in [4.69, 9.17) is 4.74 Å². The zero-order chi connectivity index (χ0) is 12.8. The topological polar surface area (TPSA) is 72.0 Å². The van der Waals surface area contributed by atoms with Gasteiger partial charge in [0.25, 0.3) is 0 Å². The summed E-state index contributed by atoms with van der Waals surface area (Å²) >= 11 is 0. The molecule has 0 amide bonds. The number of aromatic amines is 1. The SMILES string of the molecule is CC.CCOC(=O)c1n[nH]c2c1CC(=O)CC2. The Morgan fingerprint density at radius 1 is 1.41 bits per heavy atom. The van der Waals surface area contributed by atoms with Gasteiger partial charge >= 0.3 is 5.97 Å². The molecule has 0 fully saturated rings. The van der Waals surface area contributed by atoms with Gasteiger partial charge in [-0.3, -0.25) is 9.89 Å². The molecule has 1 aliphatic rings. The lowest BCUT2D eigenvalue weighted by atomic mass is 9.95. The average molecular weight is 238 g/mol. The molecule has 1 heterocycles. The molecule has 0 aromatic carbocycles. The molecule has 0 saturated heterocycles. The van der Waals surface area contributed by atoms with Gasteiger partial charge in [-0.15, -0.1) is 0 Å². The fourth-order valence-corrected chi connectivity index (χ4v) is 1.72. The Morgan fingerprint density at radius 3 is 2.76 bits per heavy atom. The number of esters is 1. The monoisotopic (exact) mass is 238 g/mol. The van der Waals surface area contributed by atoms with Gasteiger partial charge in [0.15, 0.2) is 5.69 Å². The van der Waals surface area contributed by atoms with E-state index in [2.05, 4.69) is 10.2 Å². The molecule has 17 heavy (non-hydrogen) atoms. The van der Waals surface area contributed by atoms with Gasteiger partial charge < -0.3 is 4.74 Å². The van der Waals surface area contributed by atoms with Crippen molar-refractivity contribution in [1.82, 2.24) is 10.2 Å². The van der Waals surface area contributed by atoms with Crippen LogP contribution in [-0.4, -0.2) is 28.6 Å². The van der Waals surface area contributed by atoms with Gasteiger partial charge in [0.1, 0.15) is 5.78 Å². The number of aromatic nitrogens is 2. The summed E-state index contributed by atoms with van der Waals surface area (Å²) in [5.41, 5.74) is 1.86. The van der Waals surface area contributed by atoms with Crippen molar-refractivity contribution in [3.63, 3.8) is 0 Å². The molecule has 0 saturated carbocycles. The van der Waals surface area contributed by atoms with Crippen LogP contribution in [0.3, 0.4) is 0 Å². The van der Waals surface area contributed by atoms with Crippen molar-refractivity contribution in [2.24, 2.45) is 0 Å². The van der Waals surface area contributed by atoms with Crippen LogP contribution < -0.4 is 0 Å². The van der Waals surface area contributed by atoms with Crippen molar-refractivity contribution in [3.05, 3.63) is 17.0 Å². The second kappa shape index (κ2) is 6.18. The molecule has 0 spiro atoms. The van der Waals surface area contributed by atoms with Crippen LogP contribution in [0.1, 0.15) is 48.9 Å². The van der Waals surface area contributed by atoms with Crippen molar-refractivity contribution in [2.75, 3.05) is 6.61 Å². The molecule has 0 aliphatic heterocycles. The maximum Gasteiger partial charge on any atom is 0.359 e. The molecule has 5 heteroatoms. The lowest BCUT2D eigenvalue weighted by Gasteiger charge is -2.09. The maximum absolute atomic E-state index is 11.5. The molecule has 94 valence electrons. The van der Waals surface area contributed by atoms with Crippen LogP contribution in [0.5, 0.6) is 0 Å². The third kappa shape index (κ3) is 2.93. The molecule has 5 nitrogen and oxygen atoms in total. The minimum atomic E-state index is -0.454. The smallest absolute Gasteiger partial charge is 0.359 e. The number of nitrogens with one attached hydrogen (secondary N) is 1. The largest absolute Gasteiger partial charge is 0.461 e. The zero-order valence-electron chi connectivity index (χ0n) is 10.5. The number of rotatable bonds is 2. The number of hydrogen-bond donors (Lipinski definition) is 1. The quantitative estimate of drug-likeness (QED) is 0.795. The lowest BCUT2D eigenvalue weighted by molar-refractivity contribution is -0.118. The predicted molar refractivity (Wildman–Crippen MR) is 62.9 cm³/mol. The number of aryl methyl sites for hydroxylation is 1. The fraction of sp³-hybridized carbons (Fsp3) is 0.583. The summed E-state index contributed by atoms with van der Waals surface area (Å²) < 4.78 is 4.85. The number of nitrogens with zero attached hydrogens (tertiary/aromatic N) is 1. The van der Waals surface area contributed by atoms with E-state index in [-0.39, 0.29) is 11.5 Å². The van der Waals surface area contributed by atoms with Crippen molar-refractivity contribution < 1.29 is 14.3 Å². The Balaban J connectivity index is 0.000000686. The highest BCUT2D eigenvalue weighted by Gasteiger charge is 2.25. The number of Topliss-reactive ketones (excluding diaryl/α,β-unsaturated/α-hetero) is 1. The number of ether oxygens (including phenoxy) is 1. The van der Waals surface area contributed by atoms with E-state index in [0.717, 1.165) is 5.69 Å². The molecule has 2 rings (SSSR count). The highest BCUT2D eigenvalue weighted by molar-refractivity contribution is 5.93. The third-order valence-electron chi connectivity index (χ3n) is 2.45. The van der Waals surface area contributed by atoms with Gasteiger partial charge in [-0.1, -0.05) is 13.8 Å². The molecular weight excluding hydrogens is 220 g/mol. The van der Waals surface area contributed by atoms with E-state index in [1.807, 2.05) is 13.8 Å². The van der Waals surface area contributed by atoms with Gasteiger partial charge in [-0.05, 0) is 13.3 Å². The van der Waals surface area contributed by atoms with E-state index in [9.17, 15) is 9.59 Å². The van der Waals surface area contributed by atoms with Crippen molar-refractivity contribution >= 4 is 11.8 Å². The summed E-state index contributed by atoms with van der Waals surface area (Å²) in [7, 11) is 0. The van der Waals surface area contributed by atoms with Gasteiger partial charge in [0.2, 0.25) is 0 Å². The van der Waals surface area contributed by atoms with Crippen molar-refractivity contribution in [2.45, 2.75) is 40.0 Å². The van der Waals surface area contributed by atoms with Gasteiger partial charge in [0, 0.05) is 24.1 Å². The van der Waals surface area contributed by atoms with E-state index in [1.165, 1.54) is 0 Å². The minimum Gasteiger partial charge on any atom is -0.461 e. The van der Waals surface area contributed by atoms with Crippen LogP contribution in [0.2, 0.25) is 0 Å². The minimum absolute atomic E-state index is 0.148. The summed E-state index contributed by atoms with van der Waals surface area (Å²) in [6, 6.07) is 0. The zero-order valence-corrected chi connectivity index (χ0v) is 10.5. The number of H-pyrrole nitrogens is 1. The van der Waals surface area contributed by atoms with Crippen LogP contribution >= 0.6 is 0 Å². The second-order valence-electron chi connectivity index (χ2n) is 3.47. The Labute approximate surface area is 101 Å². The Bertz CT molecular complexity index is 410. The average Bonchev–Trinajstić information content (AvgIpc) is 2.75. The summed E-state index contributed by atoms with van der Waals surface area (Å²) in [4.78, 5) is 22.7. The van der Waals surface area contributed by atoms with Crippen LogP contribution in [0, 0.1) is 0 Å². The second-order valence-corrected chi connectivity index (χ2v) is 3.47. The first-order chi connectivity index (χ1) is 8.22. The molecular formula is C12H18N2O3.